The van der Waals surface area contributed by atoms with E-state index in [0.717, 1.165) is 43.0 Å². The largest absolute Gasteiger partial charge is 0.356 e. The normalized spacial score (nSPS) is 25.0. The summed E-state index contributed by atoms with van der Waals surface area (Å²) in [6.45, 7) is 6.79. The van der Waals surface area contributed by atoms with Crippen molar-refractivity contribution in [3.05, 3.63) is 36.0 Å². The smallest absolute Gasteiger partial charge is 0.268 e. The lowest BCUT2D eigenvalue weighted by Gasteiger charge is -2.37. The minimum Gasteiger partial charge on any atom is -0.356 e. The standard InChI is InChI=1S/C33H44ClN5O5/c1-19-18-39(28(33(19,2)3)31(43)37-24(26(40)17-34)16-22-13-14-35-29(22)41)32(44)27(20-9-5-4-6-10-20)38-30(42)25-15-21-11-7-8-12-23(21)36-25/h7-8,11-12,15,19-20,22,24,27-28,36H,4-6,9-10,13-14,16-18H2,1-3H3,(H,35,41)(H,37,43)(H,38,42)/t19-,22+,24+,27?,28-/m1/s1. The zero-order chi connectivity index (χ0) is 31.6. The van der Waals surface area contributed by atoms with Crippen molar-refractivity contribution in [1.82, 2.24) is 25.8 Å². The fourth-order valence-electron chi connectivity index (χ4n) is 7.21. The Morgan fingerprint density at radius 2 is 1.80 bits per heavy atom. The average molecular weight is 626 g/mol. The lowest BCUT2D eigenvalue weighted by molar-refractivity contribution is -0.144. The minimum atomic E-state index is -0.937. The van der Waals surface area contributed by atoms with E-state index in [2.05, 4.69) is 20.9 Å². The first kappa shape index (κ1) is 32.0. The second-order valence-corrected chi connectivity index (χ2v) is 13.7. The second-order valence-electron chi connectivity index (χ2n) is 13.4. The van der Waals surface area contributed by atoms with Crippen molar-refractivity contribution >= 4 is 51.9 Å². The Morgan fingerprint density at radius 3 is 2.45 bits per heavy atom. The van der Waals surface area contributed by atoms with E-state index in [0.29, 0.717) is 25.2 Å². The van der Waals surface area contributed by atoms with Crippen LogP contribution in [0.4, 0.5) is 0 Å². The number of ketones is 1. The summed E-state index contributed by atoms with van der Waals surface area (Å²) in [4.78, 5) is 72.0. The summed E-state index contributed by atoms with van der Waals surface area (Å²) in [6, 6.07) is 6.79. The molecule has 0 radical (unpaired) electrons. The third-order valence-corrected chi connectivity index (χ3v) is 10.5. The SMILES string of the molecule is C[C@@H]1CN(C(=O)C(NC(=O)c2cc3ccccc3[nH]2)C2CCCCC2)[C@H](C(=O)N[C@@H](C[C@@H]2CCNC2=O)C(=O)CCl)C1(C)C. The molecule has 10 nitrogen and oxygen atoms in total. The van der Waals surface area contributed by atoms with E-state index in [1.54, 1.807) is 11.0 Å². The topological polar surface area (TPSA) is 140 Å². The van der Waals surface area contributed by atoms with Crippen LogP contribution in [0.1, 0.15) is 76.2 Å². The van der Waals surface area contributed by atoms with Gasteiger partial charge in [0.05, 0.1) is 11.9 Å². The van der Waals surface area contributed by atoms with Gasteiger partial charge in [-0.25, -0.2) is 0 Å². The molecule has 5 atom stereocenters. The van der Waals surface area contributed by atoms with Crippen molar-refractivity contribution in [2.24, 2.45) is 23.2 Å². The molecule has 4 amide bonds. The molecule has 238 valence electrons. The lowest BCUT2D eigenvalue weighted by Crippen LogP contribution is -2.59. The first-order valence-electron chi connectivity index (χ1n) is 15.9. The van der Waals surface area contributed by atoms with E-state index >= 15 is 0 Å². The van der Waals surface area contributed by atoms with Crippen molar-refractivity contribution in [1.29, 1.82) is 0 Å². The van der Waals surface area contributed by atoms with Crippen LogP contribution in [-0.2, 0) is 19.2 Å². The number of amides is 4. The molecule has 5 rings (SSSR count). The highest BCUT2D eigenvalue weighted by atomic mass is 35.5. The Morgan fingerprint density at radius 1 is 1.07 bits per heavy atom. The fourth-order valence-corrected chi connectivity index (χ4v) is 7.40. The van der Waals surface area contributed by atoms with Gasteiger partial charge < -0.3 is 25.8 Å². The third-order valence-electron chi connectivity index (χ3n) is 10.3. The summed E-state index contributed by atoms with van der Waals surface area (Å²) in [5.74, 6) is -2.37. The van der Waals surface area contributed by atoms with E-state index in [9.17, 15) is 24.0 Å². The highest BCUT2D eigenvalue weighted by molar-refractivity contribution is 6.28. The number of hydrogen-bond donors (Lipinski definition) is 4. The van der Waals surface area contributed by atoms with Gasteiger partial charge in [0.25, 0.3) is 5.91 Å². The molecule has 44 heavy (non-hydrogen) atoms. The fraction of sp³-hybridized carbons (Fsp3) is 0.606. The van der Waals surface area contributed by atoms with Crippen LogP contribution in [0.15, 0.2) is 30.3 Å². The van der Waals surface area contributed by atoms with Crippen LogP contribution in [0.3, 0.4) is 0 Å². The lowest BCUT2D eigenvalue weighted by atomic mass is 9.77. The number of hydrogen-bond acceptors (Lipinski definition) is 5. The van der Waals surface area contributed by atoms with Gasteiger partial charge in [-0.05, 0) is 55.1 Å². The number of nitrogens with one attached hydrogen (secondary N) is 4. The molecule has 1 unspecified atom stereocenters. The van der Waals surface area contributed by atoms with Gasteiger partial charge in [-0.15, -0.1) is 11.6 Å². The summed E-state index contributed by atoms with van der Waals surface area (Å²) >= 11 is 5.91. The van der Waals surface area contributed by atoms with E-state index in [-0.39, 0.29) is 47.6 Å². The van der Waals surface area contributed by atoms with Gasteiger partial charge in [-0.2, -0.15) is 0 Å². The van der Waals surface area contributed by atoms with Crippen molar-refractivity contribution in [2.45, 2.75) is 83.8 Å². The van der Waals surface area contributed by atoms with Gasteiger partial charge >= 0.3 is 0 Å². The number of para-hydroxylation sites is 1. The number of halogens is 1. The molecule has 2 aliphatic heterocycles. The second kappa shape index (κ2) is 13.3. The maximum Gasteiger partial charge on any atom is 0.268 e. The average Bonchev–Trinajstić information content (AvgIpc) is 3.70. The van der Waals surface area contributed by atoms with E-state index in [4.69, 9.17) is 11.6 Å². The molecule has 0 bridgehead atoms. The van der Waals surface area contributed by atoms with Gasteiger partial charge in [-0.3, -0.25) is 24.0 Å². The minimum absolute atomic E-state index is 0.0265. The highest BCUT2D eigenvalue weighted by Crippen LogP contribution is 2.42. The molecule has 2 saturated heterocycles. The maximum absolute atomic E-state index is 14.5. The Hall–Kier alpha value is -3.40. The third kappa shape index (κ3) is 6.50. The molecule has 1 aromatic heterocycles. The highest BCUT2D eigenvalue weighted by Gasteiger charge is 2.53. The molecule has 3 fully saturated rings. The first-order valence-corrected chi connectivity index (χ1v) is 16.4. The van der Waals surface area contributed by atoms with Crippen LogP contribution in [0, 0.1) is 23.2 Å². The Labute approximate surface area is 263 Å². The van der Waals surface area contributed by atoms with Crippen LogP contribution >= 0.6 is 11.6 Å². The van der Waals surface area contributed by atoms with Crippen molar-refractivity contribution < 1.29 is 24.0 Å². The van der Waals surface area contributed by atoms with Crippen LogP contribution in [0.5, 0.6) is 0 Å². The maximum atomic E-state index is 14.5. The molecule has 3 heterocycles. The van der Waals surface area contributed by atoms with Gasteiger partial charge in [0.2, 0.25) is 17.7 Å². The number of benzene rings is 1. The Kier molecular flexibility index (Phi) is 9.68. The van der Waals surface area contributed by atoms with Gasteiger partial charge in [-0.1, -0.05) is 58.2 Å². The summed E-state index contributed by atoms with van der Waals surface area (Å²) in [7, 11) is 0. The quantitative estimate of drug-likeness (QED) is 0.299. The zero-order valence-corrected chi connectivity index (χ0v) is 26.5. The van der Waals surface area contributed by atoms with Crippen LogP contribution in [-0.4, -0.2) is 76.4 Å². The molecular formula is C33H44ClN5O5. The molecule has 11 heteroatoms. The number of Topliss-reactive ketones (excluding diaryl/α,β-unsaturated/α-hetero) is 1. The molecular weight excluding hydrogens is 582 g/mol. The van der Waals surface area contributed by atoms with Gasteiger partial charge in [0.15, 0.2) is 5.78 Å². The molecule has 3 aliphatic rings. The van der Waals surface area contributed by atoms with Gasteiger partial charge in [0, 0.05) is 29.9 Å². The monoisotopic (exact) mass is 625 g/mol. The summed E-state index contributed by atoms with van der Waals surface area (Å²) < 4.78 is 0. The van der Waals surface area contributed by atoms with E-state index < -0.39 is 35.4 Å². The van der Waals surface area contributed by atoms with Crippen molar-refractivity contribution in [3.63, 3.8) is 0 Å². The summed E-state index contributed by atoms with van der Waals surface area (Å²) in [5, 5.41) is 9.61. The number of aromatic amines is 1. The number of likely N-dealkylation sites (tertiary alicyclic amines) is 1. The molecule has 1 aromatic carbocycles. The van der Waals surface area contributed by atoms with Gasteiger partial charge in [0.1, 0.15) is 17.8 Å². The number of nitrogens with zero attached hydrogens (tertiary/aromatic N) is 1. The van der Waals surface area contributed by atoms with Crippen LogP contribution < -0.4 is 16.0 Å². The molecule has 4 N–H and O–H groups in total. The summed E-state index contributed by atoms with van der Waals surface area (Å²) in [6.07, 6.45) is 5.38. The predicted molar refractivity (Wildman–Crippen MR) is 168 cm³/mol. The molecule has 1 aliphatic carbocycles. The predicted octanol–water partition coefficient (Wildman–Crippen LogP) is 3.54. The molecule has 1 saturated carbocycles. The van der Waals surface area contributed by atoms with Crippen LogP contribution in [0.25, 0.3) is 10.9 Å². The number of fused-ring (bicyclic) bond motifs is 1. The zero-order valence-electron chi connectivity index (χ0n) is 25.8. The van der Waals surface area contributed by atoms with E-state index in [1.165, 1.54) is 0 Å². The Bertz CT molecular complexity index is 1380. The van der Waals surface area contributed by atoms with E-state index in [1.807, 2.05) is 45.0 Å². The molecule has 0 spiro atoms. The number of rotatable bonds is 10. The molecule has 2 aromatic rings. The number of carbonyl (C=O) groups excluding carboxylic acids is 5. The van der Waals surface area contributed by atoms with Crippen LogP contribution in [0.2, 0.25) is 0 Å². The first-order chi connectivity index (χ1) is 21.0. The Balaban J connectivity index is 1.40. The number of carbonyl (C=O) groups is 5. The number of H-pyrrole nitrogens is 1. The van der Waals surface area contributed by atoms with Crippen molar-refractivity contribution in [2.75, 3.05) is 19.0 Å². The number of aromatic nitrogens is 1. The summed E-state index contributed by atoms with van der Waals surface area (Å²) in [5.41, 5.74) is 0.598. The van der Waals surface area contributed by atoms with Crippen molar-refractivity contribution in [3.8, 4) is 0 Å². The number of alkyl halides is 1.